The fourth-order valence-corrected chi connectivity index (χ4v) is 3.86. The van der Waals surface area contributed by atoms with E-state index in [2.05, 4.69) is 50.8 Å². The molecule has 0 amide bonds. The molecule has 0 radical (unpaired) electrons. The Kier molecular flexibility index (Phi) is 5.42. The first-order chi connectivity index (χ1) is 12.8. The average molecular weight is 360 g/mol. The van der Waals surface area contributed by atoms with E-state index >= 15 is 0 Å². The molecule has 0 saturated carbocycles. The molecule has 0 fully saturated rings. The Labute approximate surface area is 163 Å². The van der Waals surface area contributed by atoms with E-state index in [1.165, 1.54) is 31.1 Å². The van der Waals surface area contributed by atoms with Gasteiger partial charge in [-0.15, -0.1) is 0 Å². The van der Waals surface area contributed by atoms with Gasteiger partial charge in [-0.1, -0.05) is 44.7 Å². The maximum absolute atomic E-state index is 11.5. The van der Waals surface area contributed by atoms with Crippen LogP contribution in [0.3, 0.4) is 0 Å². The Hall–Kier alpha value is -2.53. The number of hydrogen-bond donors (Lipinski definition) is 0. The van der Waals surface area contributed by atoms with Gasteiger partial charge in [-0.3, -0.25) is 4.79 Å². The largest absolute Gasteiger partial charge is 0.469 e. The van der Waals surface area contributed by atoms with Crippen molar-refractivity contribution in [1.82, 2.24) is 0 Å². The Balaban J connectivity index is 1.86. The molecule has 0 spiro atoms. The normalized spacial score (nSPS) is 17.4. The number of methoxy groups -OCH3 is 1. The van der Waals surface area contributed by atoms with Gasteiger partial charge in [0.05, 0.1) is 13.5 Å². The van der Waals surface area contributed by atoms with E-state index in [0.717, 1.165) is 22.3 Å². The summed E-state index contributed by atoms with van der Waals surface area (Å²) in [4.78, 5) is 11.5. The Morgan fingerprint density at radius 3 is 2.48 bits per heavy atom. The van der Waals surface area contributed by atoms with E-state index in [0.29, 0.717) is 12.3 Å². The van der Waals surface area contributed by atoms with Gasteiger partial charge in [0.2, 0.25) is 0 Å². The van der Waals surface area contributed by atoms with E-state index < -0.39 is 0 Å². The topological polar surface area (TPSA) is 26.3 Å². The highest BCUT2D eigenvalue weighted by molar-refractivity contribution is 5.73. The van der Waals surface area contributed by atoms with Crippen molar-refractivity contribution in [3.8, 4) is 11.8 Å². The molecule has 0 bridgehead atoms. The molecule has 2 aromatic rings. The lowest BCUT2D eigenvalue weighted by molar-refractivity contribution is -0.139. The zero-order valence-corrected chi connectivity index (χ0v) is 17.0. The minimum atomic E-state index is -0.220. The molecule has 0 N–H and O–H groups in total. The zero-order valence-electron chi connectivity index (χ0n) is 17.0. The molecule has 1 unspecified atom stereocenters. The molecule has 0 heterocycles. The van der Waals surface area contributed by atoms with Crippen molar-refractivity contribution in [2.75, 3.05) is 7.11 Å². The molecule has 1 aliphatic carbocycles. The number of fused-ring (bicyclic) bond motifs is 1. The van der Waals surface area contributed by atoms with Crippen LogP contribution in [0.5, 0.6) is 0 Å². The van der Waals surface area contributed by atoms with Gasteiger partial charge >= 0.3 is 5.97 Å². The maximum atomic E-state index is 11.5. The predicted molar refractivity (Wildman–Crippen MR) is 110 cm³/mol. The third-order valence-electron chi connectivity index (χ3n) is 5.77. The molecular weight excluding hydrogens is 332 g/mol. The first-order valence-electron chi connectivity index (χ1n) is 9.63. The number of benzene rings is 2. The molecular formula is C25H28O2. The summed E-state index contributed by atoms with van der Waals surface area (Å²) >= 11 is 0. The molecule has 140 valence electrons. The van der Waals surface area contributed by atoms with Crippen molar-refractivity contribution >= 4 is 5.97 Å². The van der Waals surface area contributed by atoms with Crippen LogP contribution in [0.1, 0.15) is 72.9 Å². The number of aryl methyl sites for hydroxylation is 1. The van der Waals surface area contributed by atoms with Crippen LogP contribution in [0.4, 0.5) is 0 Å². The number of carbonyl (C=O) groups is 1. The Bertz CT molecular complexity index is 925. The lowest BCUT2D eigenvalue weighted by Crippen LogP contribution is -2.25. The van der Waals surface area contributed by atoms with Crippen molar-refractivity contribution in [3.05, 3.63) is 69.8 Å². The minimum absolute atomic E-state index is 0.214. The number of hydrogen-bond acceptors (Lipinski definition) is 2. The minimum Gasteiger partial charge on any atom is -0.469 e. The van der Waals surface area contributed by atoms with Gasteiger partial charge in [0.25, 0.3) is 0 Å². The molecule has 1 aliphatic rings. The van der Waals surface area contributed by atoms with E-state index in [4.69, 9.17) is 4.74 Å². The molecule has 0 aromatic heterocycles. The van der Waals surface area contributed by atoms with Crippen LogP contribution in [0.2, 0.25) is 0 Å². The monoisotopic (exact) mass is 360 g/mol. The summed E-state index contributed by atoms with van der Waals surface area (Å²) in [7, 11) is 1.41. The SMILES string of the molecule is COC(=O)Cc1ccc(C#Cc2ccc3c(c2)C(C)(C)CCC3C)cc1C. The zero-order chi connectivity index (χ0) is 19.6. The van der Waals surface area contributed by atoms with Gasteiger partial charge in [0.1, 0.15) is 0 Å². The summed E-state index contributed by atoms with van der Waals surface area (Å²) in [5, 5.41) is 0. The molecule has 0 aliphatic heterocycles. The van der Waals surface area contributed by atoms with Crippen LogP contribution in [-0.2, 0) is 21.4 Å². The van der Waals surface area contributed by atoms with Gasteiger partial charge in [0, 0.05) is 11.1 Å². The van der Waals surface area contributed by atoms with Gasteiger partial charge in [-0.25, -0.2) is 0 Å². The number of ether oxygens (including phenoxy) is 1. The molecule has 3 rings (SSSR count). The van der Waals surface area contributed by atoms with E-state index in [9.17, 15) is 4.79 Å². The fraction of sp³-hybridized carbons (Fsp3) is 0.400. The van der Waals surface area contributed by atoms with Gasteiger partial charge < -0.3 is 4.74 Å². The van der Waals surface area contributed by atoms with Crippen molar-refractivity contribution in [1.29, 1.82) is 0 Å². The van der Waals surface area contributed by atoms with E-state index in [-0.39, 0.29) is 11.4 Å². The van der Waals surface area contributed by atoms with Gasteiger partial charge in [0.15, 0.2) is 0 Å². The molecule has 2 nitrogen and oxygen atoms in total. The summed E-state index contributed by atoms with van der Waals surface area (Å²) in [6.07, 6.45) is 2.77. The summed E-state index contributed by atoms with van der Waals surface area (Å²) in [6, 6.07) is 12.7. The third-order valence-corrected chi connectivity index (χ3v) is 5.77. The highest BCUT2D eigenvalue weighted by atomic mass is 16.5. The maximum Gasteiger partial charge on any atom is 0.309 e. The van der Waals surface area contributed by atoms with Crippen LogP contribution in [0.15, 0.2) is 36.4 Å². The van der Waals surface area contributed by atoms with E-state index in [1.807, 2.05) is 25.1 Å². The first kappa shape index (κ1) is 19.2. The summed E-state index contributed by atoms with van der Waals surface area (Å²) in [5.41, 5.74) is 7.20. The Morgan fingerprint density at radius 1 is 1.15 bits per heavy atom. The van der Waals surface area contributed by atoms with Crippen LogP contribution in [0.25, 0.3) is 0 Å². The first-order valence-corrected chi connectivity index (χ1v) is 9.63. The van der Waals surface area contributed by atoms with Gasteiger partial charge in [-0.05, 0) is 77.6 Å². The van der Waals surface area contributed by atoms with Crippen molar-refractivity contribution in [2.24, 2.45) is 0 Å². The van der Waals surface area contributed by atoms with Crippen molar-refractivity contribution < 1.29 is 9.53 Å². The fourth-order valence-electron chi connectivity index (χ4n) is 3.86. The van der Waals surface area contributed by atoms with Crippen LogP contribution in [0, 0.1) is 18.8 Å². The highest BCUT2D eigenvalue weighted by Crippen LogP contribution is 2.42. The van der Waals surface area contributed by atoms with E-state index in [1.54, 1.807) is 0 Å². The Morgan fingerprint density at radius 2 is 1.81 bits per heavy atom. The lowest BCUT2D eigenvalue weighted by atomic mass is 9.69. The van der Waals surface area contributed by atoms with Crippen LogP contribution < -0.4 is 0 Å². The number of esters is 1. The van der Waals surface area contributed by atoms with Crippen LogP contribution in [-0.4, -0.2) is 13.1 Å². The quantitative estimate of drug-likeness (QED) is 0.538. The molecule has 1 atom stereocenters. The smallest absolute Gasteiger partial charge is 0.309 e. The molecule has 0 saturated heterocycles. The second-order valence-electron chi connectivity index (χ2n) is 8.27. The number of rotatable bonds is 2. The van der Waals surface area contributed by atoms with Crippen molar-refractivity contribution in [2.45, 2.75) is 58.3 Å². The van der Waals surface area contributed by atoms with Crippen molar-refractivity contribution in [3.63, 3.8) is 0 Å². The molecule has 27 heavy (non-hydrogen) atoms. The summed E-state index contributed by atoms with van der Waals surface area (Å²) in [5.74, 6) is 7.00. The van der Waals surface area contributed by atoms with Crippen LogP contribution >= 0.6 is 0 Å². The highest BCUT2D eigenvalue weighted by Gasteiger charge is 2.30. The summed E-state index contributed by atoms with van der Waals surface area (Å²) in [6.45, 7) is 8.99. The predicted octanol–water partition coefficient (Wildman–Crippen LogP) is 5.29. The summed E-state index contributed by atoms with van der Waals surface area (Å²) < 4.78 is 4.75. The van der Waals surface area contributed by atoms with Gasteiger partial charge in [-0.2, -0.15) is 0 Å². The second kappa shape index (κ2) is 7.61. The standard InChI is InChI=1S/C25H28O2/c1-17-12-13-25(3,4)23-15-20(9-11-22(17)23)7-6-19-8-10-21(18(2)14-19)16-24(26)27-5/h8-11,14-15,17H,12-13,16H2,1-5H3. The lowest BCUT2D eigenvalue weighted by Gasteiger charge is -2.36. The number of carbonyl (C=O) groups excluding carboxylic acids is 1. The molecule has 2 heteroatoms. The third kappa shape index (κ3) is 4.25. The second-order valence-corrected chi connectivity index (χ2v) is 8.27. The molecule has 2 aromatic carbocycles. The average Bonchev–Trinajstić information content (AvgIpc) is 2.65.